The highest BCUT2D eigenvalue weighted by molar-refractivity contribution is 6.10. The van der Waals surface area contributed by atoms with Crippen LogP contribution in [0.5, 0.6) is 5.75 Å². The van der Waals surface area contributed by atoms with E-state index in [0.717, 1.165) is 5.56 Å². The van der Waals surface area contributed by atoms with Crippen LogP contribution in [0, 0.1) is 0 Å². The molecule has 0 saturated carbocycles. The third kappa shape index (κ3) is 2.98. The Morgan fingerprint density at radius 2 is 1.61 bits per heavy atom. The molecule has 2 aromatic carbocycles. The van der Waals surface area contributed by atoms with E-state index < -0.39 is 0 Å². The Labute approximate surface area is 137 Å². The van der Waals surface area contributed by atoms with Gasteiger partial charge in [0.25, 0.3) is 0 Å². The van der Waals surface area contributed by atoms with Gasteiger partial charge in [0.15, 0.2) is 5.78 Å². The molecule has 0 amide bonds. The van der Waals surface area contributed by atoms with Gasteiger partial charge in [-0.15, -0.1) is 0 Å². The molecule has 0 heterocycles. The van der Waals surface area contributed by atoms with Gasteiger partial charge in [-0.05, 0) is 31.5 Å². The molecule has 0 unspecified atom stereocenters. The molecular formula is C21H20O2. The summed E-state index contributed by atoms with van der Waals surface area (Å²) in [6, 6.07) is 15.1. The molecule has 0 fully saturated rings. The first-order chi connectivity index (χ1) is 11.1. The van der Waals surface area contributed by atoms with Crippen LogP contribution < -0.4 is 4.74 Å². The fourth-order valence-electron chi connectivity index (χ4n) is 2.92. The maximum Gasteiger partial charge on any atom is 0.193 e. The zero-order valence-corrected chi connectivity index (χ0v) is 13.7. The molecule has 2 aromatic rings. The first-order valence-corrected chi connectivity index (χ1v) is 7.75. The molecule has 0 aromatic heterocycles. The summed E-state index contributed by atoms with van der Waals surface area (Å²) in [5.41, 5.74) is 4.96. The van der Waals surface area contributed by atoms with Crippen LogP contribution in [-0.2, 0) is 0 Å². The predicted molar refractivity (Wildman–Crippen MR) is 93.1 cm³/mol. The second-order valence-corrected chi connectivity index (χ2v) is 5.87. The van der Waals surface area contributed by atoms with E-state index in [2.05, 4.69) is 26.0 Å². The lowest BCUT2D eigenvalue weighted by molar-refractivity contribution is 0.103. The number of methoxy groups -OCH3 is 1. The molecule has 2 heteroatoms. The first kappa shape index (κ1) is 15.3. The van der Waals surface area contributed by atoms with Gasteiger partial charge >= 0.3 is 0 Å². The van der Waals surface area contributed by atoms with E-state index in [1.54, 1.807) is 7.11 Å². The fourth-order valence-corrected chi connectivity index (χ4v) is 2.92. The largest absolute Gasteiger partial charge is 0.497 e. The minimum atomic E-state index is 0.0310. The molecule has 0 N–H and O–H groups in total. The molecule has 3 rings (SSSR count). The summed E-state index contributed by atoms with van der Waals surface area (Å²) < 4.78 is 5.32. The Balaban J connectivity index is 2.09. The van der Waals surface area contributed by atoms with E-state index >= 15 is 0 Å². The third-order valence-electron chi connectivity index (χ3n) is 4.38. The van der Waals surface area contributed by atoms with Crippen LogP contribution in [0.4, 0.5) is 0 Å². The Morgan fingerprint density at radius 3 is 2.22 bits per heavy atom. The number of hydrogen-bond acceptors (Lipinski definition) is 2. The normalized spacial score (nSPS) is 14.4. The predicted octanol–water partition coefficient (Wildman–Crippen LogP) is 4.92. The highest BCUT2D eigenvalue weighted by atomic mass is 16.5. The van der Waals surface area contributed by atoms with Gasteiger partial charge in [-0.1, -0.05) is 59.7 Å². The number of carbonyl (C=O) groups excluding carboxylic acids is 1. The summed E-state index contributed by atoms with van der Waals surface area (Å²) in [5.74, 6) is 0.875. The molecule has 0 spiro atoms. The van der Waals surface area contributed by atoms with Gasteiger partial charge in [0.1, 0.15) is 5.75 Å². The zero-order valence-electron chi connectivity index (χ0n) is 13.7. The highest BCUT2D eigenvalue weighted by Crippen LogP contribution is 2.34. The smallest absolute Gasteiger partial charge is 0.193 e. The SMILES string of the molecule is COc1ccc(C2C=C(C)C(C)=C2)c(C(=O)c2ccccc2)c1. The number of ether oxygens (including phenoxy) is 1. The lowest BCUT2D eigenvalue weighted by atomic mass is 9.90. The summed E-state index contributed by atoms with van der Waals surface area (Å²) >= 11 is 0. The Hall–Kier alpha value is -2.61. The molecule has 1 aliphatic carbocycles. The topological polar surface area (TPSA) is 26.3 Å². The quantitative estimate of drug-likeness (QED) is 0.750. The molecule has 0 bridgehead atoms. The van der Waals surface area contributed by atoms with E-state index in [0.29, 0.717) is 16.9 Å². The number of ketones is 1. The van der Waals surface area contributed by atoms with Crippen molar-refractivity contribution >= 4 is 5.78 Å². The number of allylic oxidation sites excluding steroid dienone is 4. The lowest BCUT2D eigenvalue weighted by Crippen LogP contribution is -2.07. The van der Waals surface area contributed by atoms with Crippen LogP contribution in [0.1, 0.15) is 41.3 Å². The van der Waals surface area contributed by atoms with Gasteiger partial charge in [-0.2, -0.15) is 0 Å². The van der Waals surface area contributed by atoms with Crippen molar-refractivity contribution in [2.45, 2.75) is 19.8 Å². The Bertz CT molecular complexity index is 780. The zero-order chi connectivity index (χ0) is 16.4. The molecular weight excluding hydrogens is 284 g/mol. The average Bonchev–Trinajstić information content (AvgIpc) is 2.93. The van der Waals surface area contributed by atoms with Crippen molar-refractivity contribution < 1.29 is 9.53 Å². The highest BCUT2D eigenvalue weighted by Gasteiger charge is 2.21. The van der Waals surface area contributed by atoms with Crippen LogP contribution in [0.25, 0.3) is 0 Å². The Kier molecular flexibility index (Phi) is 4.16. The van der Waals surface area contributed by atoms with E-state index in [1.165, 1.54) is 11.1 Å². The van der Waals surface area contributed by atoms with Crippen LogP contribution in [0.2, 0.25) is 0 Å². The fraction of sp³-hybridized carbons (Fsp3) is 0.190. The van der Waals surface area contributed by atoms with E-state index in [1.807, 2.05) is 48.5 Å². The summed E-state index contributed by atoms with van der Waals surface area (Å²) in [5, 5.41) is 0. The second-order valence-electron chi connectivity index (χ2n) is 5.87. The summed E-state index contributed by atoms with van der Waals surface area (Å²) in [6.07, 6.45) is 4.41. The van der Waals surface area contributed by atoms with Gasteiger partial charge < -0.3 is 4.74 Å². The number of rotatable bonds is 4. The van der Waals surface area contributed by atoms with E-state index in [9.17, 15) is 4.79 Å². The molecule has 0 aliphatic heterocycles. The van der Waals surface area contributed by atoms with Crippen LogP contribution in [0.15, 0.2) is 71.8 Å². The standard InChI is InChI=1S/C21H20O2/c1-14-11-17(12-15(14)2)19-10-9-18(23-3)13-20(19)21(22)16-7-5-4-6-8-16/h4-13,17H,1-3H3. The van der Waals surface area contributed by atoms with Gasteiger partial charge in [-0.25, -0.2) is 0 Å². The van der Waals surface area contributed by atoms with Crippen molar-refractivity contribution in [1.82, 2.24) is 0 Å². The monoisotopic (exact) mass is 304 g/mol. The van der Waals surface area contributed by atoms with Crippen molar-refractivity contribution in [1.29, 1.82) is 0 Å². The first-order valence-electron chi connectivity index (χ1n) is 7.75. The van der Waals surface area contributed by atoms with Crippen LogP contribution >= 0.6 is 0 Å². The van der Waals surface area contributed by atoms with Gasteiger partial charge in [0.05, 0.1) is 7.11 Å². The average molecular weight is 304 g/mol. The van der Waals surface area contributed by atoms with E-state index in [-0.39, 0.29) is 11.7 Å². The van der Waals surface area contributed by atoms with Crippen molar-refractivity contribution in [3.63, 3.8) is 0 Å². The second kappa shape index (κ2) is 6.25. The summed E-state index contributed by atoms with van der Waals surface area (Å²) in [7, 11) is 1.62. The molecule has 0 saturated heterocycles. The number of carbonyl (C=O) groups is 1. The van der Waals surface area contributed by atoms with Crippen molar-refractivity contribution in [3.8, 4) is 5.75 Å². The van der Waals surface area contributed by atoms with Gasteiger partial charge in [0, 0.05) is 17.0 Å². The molecule has 23 heavy (non-hydrogen) atoms. The molecule has 1 aliphatic rings. The van der Waals surface area contributed by atoms with Gasteiger partial charge in [-0.3, -0.25) is 4.79 Å². The number of benzene rings is 2. The maximum atomic E-state index is 13.0. The summed E-state index contributed by atoms with van der Waals surface area (Å²) in [4.78, 5) is 13.0. The molecule has 2 nitrogen and oxygen atoms in total. The lowest BCUT2D eigenvalue weighted by Gasteiger charge is -2.14. The van der Waals surface area contributed by atoms with Gasteiger partial charge in [0.2, 0.25) is 0 Å². The minimum Gasteiger partial charge on any atom is -0.497 e. The molecule has 116 valence electrons. The summed E-state index contributed by atoms with van der Waals surface area (Å²) in [6.45, 7) is 4.21. The Morgan fingerprint density at radius 1 is 0.957 bits per heavy atom. The van der Waals surface area contributed by atoms with Crippen LogP contribution in [-0.4, -0.2) is 12.9 Å². The van der Waals surface area contributed by atoms with Crippen LogP contribution in [0.3, 0.4) is 0 Å². The third-order valence-corrected chi connectivity index (χ3v) is 4.38. The number of hydrogen-bond donors (Lipinski definition) is 0. The maximum absolute atomic E-state index is 13.0. The molecule has 0 atom stereocenters. The molecule has 0 radical (unpaired) electrons. The van der Waals surface area contributed by atoms with Crippen molar-refractivity contribution in [3.05, 3.63) is 88.5 Å². The minimum absolute atomic E-state index is 0.0310. The van der Waals surface area contributed by atoms with Crippen molar-refractivity contribution in [2.75, 3.05) is 7.11 Å². The van der Waals surface area contributed by atoms with Crippen molar-refractivity contribution in [2.24, 2.45) is 0 Å². The van der Waals surface area contributed by atoms with E-state index in [4.69, 9.17) is 4.74 Å².